The van der Waals surface area contributed by atoms with Crippen molar-refractivity contribution < 1.29 is 19.0 Å². The molecule has 1 fully saturated rings. The second-order valence-corrected chi connectivity index (χ2v) is 5.86. The van der Waals surface area contributed by atoms with Crippen LogP contribution in [-0.2, 0) is 23.0 Å². The van der Waals surface area contributed by atoms with Crippen molar-refractivity contribution in [2.75, 3.05) is 26.5 Å². The van der Waals surface area contributed by atoms with Gasteiger partial charge in [0.25, 0.3) is 0 Å². The highest BCUT2D eigenvalue weighted by Crippen LogP contribution is 2.32. The van der Waals surface area contributed by atoms with E-state index in [4.69, 9.17) is 14.2 Å². The van der Waals surface area contributed by atoms with E-state index < -0.39 is 0 Å². The molecule has 2 aliphatic rings. The lowest BCUT2D eigenvalue weighted by Crippen LogP contribution is -2.43. The lowest BCUT2D eigenvalue weighted by atomic mass is 10.1. The Hall–Kier alpha value is -2.61. The third-order valence-electron chi connectivity index (χ3n) is 4.25. The first-order valence-corrected chi connectivity index (χ1v) is 7.82. The van der Waals surface area contributed by atoms with Gasteiger partial charge < -0.3 is 23.7 Å². The molecule has 8 heteroatoms. The maximum absolute atomic E-state index is 12.6. The summed E-state index contributed by atoms with van der Waals surface area (Å²) in [5.41, 5.74) is 0.908. The van der Waals surface area contributed by atoms with Crippen LogP contribution in [0.2, 0.25) is 0 Å². The van der Waals surface area contributed by atoms with Gasteiger partial charge in [0.1, 0.15) is 12.4 Å². The minimum atomic E-state index is -0.244. The molecule has 1 amide bonds. The number of aryl methyl sites for hydroxylation is 1. The largest absolute Gasteiger partial charge is 0.454 e. The Morgan fingerprint density at radius 1 is 1.33 bits per heavy atom. The third-order valence-corrected chi connectivity index (χ3v) is 4.25. The summed E-state index contributed by atoms with van der Waals surface area (Å²) in [7, 11) is 1.87. The van der Waals surface area contributed by atoms with Gasteiger partial charge in [0.05, 0.1) is 19.6 Å². The maximum Gasteiger partial charge on any atom is 0.231 e. The van der Waals surface area contributed by atoms with Gasteiger partial charge in [-0.05, 0) is 17.7 Å². The predicted molar refractivity (Wildman–Crippen MR) is 82.5 cm³/mol. The molecule has 1 atom stereocenters. The number of hydrogen-bond acceptors (Lipinski definition) is 6. The van der Waals surface area contributed by atoms with Crippen LogP contribution in [0.1, 0.15) is 17.5 Å². The molecule has 8 nitrogen and oxygen atoms in total. The Balaban J connectivity index is 1.43. The van der Waals surface area contributed by atoms with Crippen LogP contribution in [0.5, 0.6) is 11.5 Å². The summed E-state index contributed by atoms with van der Waals surface area (Å²) >= 11 is 0. The molecule has 126 valence electrons. The molecule has 4 rings (SSSR count). The van der Waals surface area contributed by atoms with E-state index in [9.17, 15) is 4.79 Å². The molecule has 1 saturated heterocycles. The number of hydrogen-bond donors (Lipinski definition) is 0. The smallest absolute Gasteiger partial charge is 0.231 e. The SMILES string of the molecule is Cn1cnnc1C1CN(C(=O)Cc2ccc3c(c2)OCO3)CCO1. The molecule has 0 bridgehead atoms. The number of morpholine rings is 1. The molecular formula is C16H18N4O4. The Morgan fingerprint density at radius 2 is 2.21 bits per heavy atom. The van der Waals surface area contributed by atoms with Crippen molar-refractivity contribution in [2.45, 2.75) is 12.5 Å². The van der Waals surface area contributed by atoms with Gasteiger partial charge in [0.15, 0.2) is 17.3 Å². The number of amides is 1. The van der Waals surface area contributed by atoms with E-state index in [2.05, 4.69) is 10.2 Å². The summed E-state index contributed by atoms with van der Waals surface area (Å²) in [5.74, 6) is 2.21. The number of ether oxygens (including phenoxy) is 3. The zero-order valence-corrected chi connectivity index (χ0v) is 13.3. The van der Waals surface area contributed by atoms with Crippen LogP contribution < -0.4 is 9.47 Å². The highest BCUT2D eigenvalue weighted by molar-refractivity contribution is 5.79. The lowest BCUT2D eigenvalue weighted by Gasteiger charge is -2.32. The van der Waals surface area contributed by atoms with E-state index in [-0.39, 0.29) is 18.8 Å². The lowest BCUT2D eigenvalue weighted by molar-refractivity contribution is -0.138. The van der Waals surface area contributed by atoms with Gasteiger partial charge in [-0.1, -0.05) is 6.07 Å². The zero-order valence-electron chi connectivity index (χ0n) is 13.3. The van der Waals surface area contributed by atoms with Crippen LogP contribution in [0.3, 0.4) is 0 Å². The molecule has 0 radical (unpaired) electrons. The average Bonchev–Trinajstić information content (AvgIpc) is 3.23. The summed E-state index contributed by atoms with van der Waals surface area (Å²) in [4.78, 5) is 14.4. The molecule has 0 N–H and O–H groups in total. The van der Waals surface area contributed by atoms with E-state index in [1.54, 1.807) is 6.33 Å². The second-order valence-electron chi connectivity index (χ2n) is 5.86. The highest BCUT2D eigenvalue weighted by Gasteiger charge is 2.28. The molecule has 0 saturated carbocycles. The van der Waals surface area contributed by atoms with Gasteiger partial charge in [0.2, 0.25) is 12.7 Å². The summed E-state index contributed by atoms with van der Waals surface area (Å²) in [6, 6.07) is 5.60. The van der Waals surface area contributed by atoms with E-state index >= 15 is 0 Å². The first-order chi connectivity index (χ1) is 11.7. The fraction of sp³-hybridized carbons (Fsp3) is 0.438. The first-order valence-electron chi connectivity index (χ1n) is 7.82. The van der Waals surface area contributed by atoms with Crippen molar-refractivity contribution in [1.82, 2.24) is 19.7 Å². The van der Waals surface area contributed by atoms with E-state index in [0.717, 1.165) is 17.1 Å². The number of carbonyl (C=O) groups is 1. The van der Waals surface area contributed by atoms with Crippen molar-refractivity contribution in [2.24, 2.45) is 7.05 Å². The minimum absolute atomic E-state index is 0.0596. The van der Waals surface area contributed by atoms with Crippen molar-refractivity contribution in [3.63, 3.8) is 0 Å². The number of nitrogens with zero attached hydrogens (tertiary/aromatic N) is 4. The Morgan fingerprint density at radius 3 is 3.04 bits per heavy atom. The monoisotopic (exact) mass is 330 g/mol. The average molecular weight is 330 g/mol. The van der Waals surface area contributed by atoms with Crippen LogP contribution >= 0.6 is 0 Å². The molecule has 24 heavy (non-hydrogen) atoms. The first kappa shape index (κ1) is 14.9. The van der Waals surface area contributed by atoms with Crippen molar-refractivity contribution in [3.05, 3.63) is 35.9 Å². The number of benzene rings is 1. The maximum atomic E-state index is 12.6. The van der Waals surface area contributed by atoms with Crippen molar-refractivity contribution in [3.8, 4) is 11.5 Å². The van der Waals surface area contributed by atoms with Crippen molar-refractivity contribution >= 4 is 5.91 Å². The second kappa shape index (κ2) is 6.12. The van der Waals surface area contributed by atoms with Crippen LogP contribution in [-0.4, -0.2) is 52.1 Å². The van der Waals surface area contributed by atoms with Crippen molar-refractivity contribution in [1.29, 1.82) is 0 Å². The van der Waals surface area contributed by atoms with Crippen LogP contribution in [0.15, 0.2) is 24.5 Å². The molecule has 1 unspecified atom stereocenters. The quantitative estimate of drug-likeness (QED) is 0.824. The molecule has 2 aromatic rings. The molecule has 1 aromatic heterocycles. The van der Waals surface area contributed by atoms with Gasteiger partial charge in [0, 0.05) is 13.6 Å². The van der Waals surface area contributed by atoms with E-state index in [0.29, 0.717) is 31.9 Å². The van der Waals surface area contributed by atoms with Crippen LogP contribution in [0, 0.1) is 0 Å². The summed E-state index contributed by atoms with van der Waals surface area (Å²) in [5, 5.41) is 7.95. The number of fused-ring (bicyclic) bond motifs is 1. The molecule has 3 heterocycles. The summed E-state index contributed by atoms with van der Waals surface area (Å²) < 4.78 is 18.2. The summed E-state index contributed by atoms with van der Waals surface area (Å²) in [6.07, 6.45) is 1.71. The number of carbonyl (C=O) groups excluding carboxylic acids is 1. The number of aromatic nitrogens is 3. The Labute approximate surface area is 138 Å². The fourth-order valence-electron chi connectivity index (χ4n) is 2.95. The van der Waals surface area contributed by atoms with Gasteiger partial charge >= 0.3 is 0 Å². The predicted octanol–water partition coefficient (Wildman–Crippen LogP) is 0.686. The molecule has 1 aromatic carbocycles. The molecule has 0 spiro atoms. The number of rotatable bonds is 3. The third kappa shape index (κ3) is 2.80. The molecule has 0 aliphatic carbocycles. The van der Waals surface area contributed by atoms with E-state index in [1.807, 2.05) is 34.7 Å². The van der Waals surface area contributed by atoms with Gasteiger partial charge in [-0.15, -0.1) is 10.2 Å². The minimum Gasteiger partial charge on any atom is -0.454 e. The molecular weight excluding hydrogens is 312 g/mol. The fourth-order valence-corrected chi connectivity index (χ4v) is 2.95. The van der Waals surface area contributed by atoms with Gasteiger partial charge in [-0.2, -0.15) is 0 Å². The highest BCUT2D eigenvalue weighted by atomic mass is 16.7. The summed E-state index contributed by atoms with van der Waals surface area (Å²) in [6.45, 7) is 1.79. The van der Waals surface area contributed by atoms with Crippen LogP contribution in [0.25, 0.3) is 0 Å². The Bertz CT molecular complexity index is 760. The van der Waals surface area contributed by atoms with Gasteiger partial charge in [-0.25, -0.2) is 0 Å². The Kier molecular flexibility index (Phi) is 3.81. The topological polar surface area (TPSA) is 78.7 Å². The normalized spacial score (nSPS) is 19.5. The van der Waals surface area contributed by atoms with E-state index in [1.165, 1.54) is 0 Å². The van der Waals surface area contributed by atoms with Crippen LogP contribution in [0.4, 0.5) is 0 Å². The molecule has 2 aliphatic heterocycles. The standard InChI is InChI=1S/C16H18N4O4/c1-19-9-17-18-16(19)14-8-20(4-5-22-14)15(21)7-11-2-3-12-13(6-11)24-10-23-12/h2-3,6,9,14H,4-5,7-8,10H2,1H3. The zero-order chi connectivity index (χ0) is 16.5. The van der Waals surface area contributed by atoms with Gasteiger partial charge in [-0.3, -0.25) is 4.79 Å².